The summed E-state index contributed by atoms with van der Waals surface area (Å²) >= 11 is 0. The number of hydrogen-bond acceptors (Lipinski definition) is 5. The van der Waals surface area contributed by atoms with Crippen LogP contribution in [0.1, 0.15) is 19.0 Å². The Hall–Kier alpha value is -2.57. The molecule has 0 saturated carbocycles. The van der Waals surface area contributed by atoms with Crippen LogP contribution in [0.3, 0.4) is 0 Å². The summed E-state index contributed by atoms with van der Waals surface area (Å²) in [6, 6.07) is 1.87. The number of rotatable bonds is 5. The van der Waals surface area contributed by atoms with E-state index in [-0.39, 0.29) is 0 Å². The van der Waals surface area contributed by atoms with Crippen molar-refractivity contribution < 1.29 is 4.74 Å². The number of nitrogens with one attached hydrogen (secondary N) is 1. The molecule has 21 heavy (non-hydrogen) atoms. The van der Waals surface area contributed by atoms with Gasteiger partial charge in [0.15, 0.2) is 0 Å². The smallest absolute Gasteiger partial charge is 0.267 e. The van der Waals surface area contributed by atoms with Gasteiger partial charge >= 0.3 is 0 Å². The molecular weight excluding hydrogens is 268 g/mol. The molecular formula is C14H18N6O. The highest BCUT2D eigenvalue weighted by atomic mass is 16.5. The number of hydrogen-bond donors (Lipinski definition) is 1. The molecule has 0 aromatic carbocycles. The Kier molecular flexibility index (Phi) is 3.47. The maximum atomic E-state index is 5.89. The first-order valence-electron chi connectivity index (χ1n) is 6.93. The van der Waals surface area contributed by atoms with Gasteiger partial charge < -0.3 is 10.1 Å². The van der Waals surface area contributed by atoms with E-state index in [1.807, 2.05) is 36.8 Å². The van der Waals surface area contributed by atoms with Gasteiger partial charge in [0.05, 0.1) is 11.9 Å². The van der Waals surface area contributed by atoms with Crippen LogP contribution in [-0.2, 0) is 7.05 Å². The van der Waals surface area contributed by atoms with Gasteiger partial charge in [0.2, 0.25) is 11.5 Å². The fraction of sp³-hybridized carbons (Fsp3) is 0.357. The lowest BCUT2D eigenvalue weighted by atomic mass is 10.5. The number of aryl methyl sites for hydroxylation is 2. The van der Waals surface area contributed by atoms with Crippen molar-refractivity contribution >= 4 is 11.5 Å². The minimum absolute atomic E-state index is 0.462. The van der Waals surface area contributed by atoms with Crippen LogP contribution in [0.25, 0.3) is 5.65 Å². The van der Waals surface area contributed by atoms with Crippen LogP contribution in [0, 0.1) is 6.92 Å². The van der Waals surface area contributed by atoms with Crippen molar-refractivity contribution in [3.8, 4) is 11.8 Å². The van der Waals surface area contributed by atoms with Gasteiger partial charge in [-0.3, -0.25) is 4.40 Å². The second-order valence-corrected chi connectivity index (χ2v) is 4.87. The molecule has 0 unspecified atom stereocenters. The molecule has 3 aromatic rings. The zero-order valence-electron chi connectivity index (χ0n) is 12.4. The average molecular weight is 286 g/mol. The number of nitrogens with zero attached hydrogens (tertiary/aromatic N) is 5. The summed E-state index contributed by atoms with van der Waals surface area (Å²) < 4.78 is 9.46. The average Bonchev–Trinajstić information content (AvgIpc) is 3.03. The van der Waals surface area contributed by atoms with Crippen LogP contribution in [-0.4, -0.2) is 30.7 Å². The Balaban J connectivity index is 1.99. The molecule has 0 aliphatic heterocycles. The van der Waals surface area contributed by atoms with E-state index in [9.17, 15) is 0 Å². The summed E-state index contributed by atoms with van der Waals surface area (Å²) in [5, 5.41) is 7.53. The van der Waals surface area contributed by atoms with Crippen LogP contribution in [0.5, 0.6) is 11.8 Å². The topological polar surface area (TPSA) is 69.3 Å². The summed E-state index contributed by atoms with van der Waals surface area (Å²) in [7, 11) is 1.84. The summed E-state index contributed by atoms with van der Waals surface area (Å²) in [5.41, 5.74) is 1.57. The molecule has 1 N–H and O–H groups in total. The van der Waals surface area contributed by atoms with Crippen molar-refractivity contribution in [1.82, 2.24) is 24.1 Å². The van der Waals surface area contributed by atoms with Crippen molar-refractivity contribution in [2.75, 3.05) is 11.9 Å². The second kappa shape index (κ2) is 5.43. The number of ether oxygens (including phenoxy) is 1. The Bertz CT molecular complexity index is 760. The van der Waals surface area contributed by atoms with Gasteiger partial charge in [-0.15, -0.1) is 0 Å². The van der Waals surface area contributed by atoms with E-state index in [0.29, 0.717) is 17.4 Å². The van der Waals surface area contributed by atoms with E-state index in [0.717, 1.165) is 24.5 Å². The standard InChI is InChI=1S/C14H18N6O/c1-4-5-15-11-9-20-7-6-16-13(20)14(17-11)21-12-8-10(2)18-19(12)3/h6-9,15H,4-5H2,1-3H3. The first-order chi connectivity index (χ1) is 10.2. The molecule has 110 valence electrons. The third kappa shape index (κ3) is 2.67. The normalized spacial score (nSPS) is 11.0. The van der Waals surface area contributed by atoms with E-state index >= 15 is 0 Å². The molecule has 0 spiro atoms. The lowest BCUT2D eigenvalue weighted by Crippen LogP contribution is -2.05. The zero-order valence-corrected chi connectivity index (χ0v) is 12.4. The largest absolute Gasteiger partial charge is 0.417 e. The summed E-state index contributed by atoms with van der Waals surface area (Å²) in [4.78, 5) is 8.79. The third-order valence-corrected chi connectivity index (χ3v) is 3.06. The molecule has 3 rings (SSSR count). The molecule has 0 aliphatic carbocycles. The van der Waals surface area contributed by atoms with E-state index in [2.05, 4.69) is 27.3 Å². The Morgan fingerprint density at radius 1 is 1.38 bits per heavy atom. The van der Waals surface area contributed by atoms with E-state index < -0.39 is 0 Å². The number of anilines is 1. The van der Waals surface area contributed by atoms with Gasteiger partial charge in [-0.05, 0) is 13.3 Å². The molecule has 0 bridgehead atoms. The van der Waals surface area contributed by atoms with Crippen LogP contribution in [0.15, 0.2) is 24.7 Å². The predicted octanol–water partition coefficient (Wildman–Crippen LogP) is 2.39. The zero-order chi connectivity index (χ0) is 14.8. The number of imidazole rings is 1. The molecule has 7 heteroatoms. The molecule has 7 nitrogen and oxygen atoms in total. The lowest BCUT2D eigenvalue weighted by Gasteiger charge is -2.09. The molecule has 3 heterocycles. The highest BCUT2D eigenvalue weighted by Crippen LogP contribution is 2.25. The fourth-order valence-electron chi connectivity index (χ4n) is 2.09. The highest BCUT2D eigenvalue weighted by Gasteiger charge is 2.12. The number of fused-ring (bicyclic) bond motifs is 1. The van der Waals surface area contributed by atoms with Gasteiger partial charge in [0.1, 0.15) is 5.82 Å². The Morgan fingerprint density at radius 3 is 2.95 bits per heavy atom. The summed E-state index contributed by atoms with van der Waals surface area (Å²) in [6.07, 6.45) is 6.53. The quantitative estimate of drug-likeness (QED) is 0.780. The summed E-state index contributed by atoms with van der Waals surface area (Å²) in [6.45, 7) is 4.89. The van der Waals surface area contributed by atoms with Gasteiger partial charge in [0, 0.05) is 32.1 Å². The fourth-order valence-corrected chi connectivity index (χ4v) is 2.09. The van der Waals surface area contributed by atoms with Gasteiger partial charge in [-0.1, -0.05) is 6.92 Å². The van der Waals surface area contributed by atoms with E-state index in [1.54, 1.807) is 10.9 Å². The van der Waals surface area contributed by atoms with Gasteiger partial charge in [0.25, 0.3) is 5.88 Å². The monoisotopic (exact) mass is 286 g/mol. The molecule has 3 aromatic heterocycles. The van der Waals surface area contributed by atoms with Crippen LogP contribution in [0.4, 0.5) is 5.82 Å². The first kappa shape index (κ1) is 13.4. The Morgan fingerprint density at radius 2 is 2.24 bits per heavy atom. The molecule has 0 amide bonds. The molecule has 0 atom stereocenters. The third-order valence-electron chi connectivity index (χ3n) is 3.06. The second-order valence-electron chi connectivity index (χ2n) is 4.87. The van der Waals surface area contributed by atoms with Crippen molar-refractivity contribution in [1.29, 1.82) is 0 Å². The Labute approximate surface area is 122 Å². The molecule has 0 fully saturated rings. The van der Waals surface area contributed by atoms with Gasteiger partial charge in [-0.25, -0.2) is 9.67 Å². The van der Waals surface area contributed by atoms with Crippen molar-refractivity contribution in [2.45, 2.75) is 20.3 Å². The SMILES string of the molecule is CCCNc1cn2ccnc2c(Oc2cc(C)nn2C)n1. The van der Waals surface area contributed by atoms with E-state index in [1.165, 1.54) is 0 Å². The number of aromatic nitrogens is 5. The molecule has 0 aliphatic rings. The van der Waals surface area contributed by atoms with Gasteiger partial charge in [-0.2, -0.15) is 10.1 Å². The predicted molar refractivity (Wildman–Crippen MR) is 79.8 cm³/mol. The maximum absolute atomic E-state index is 5.89. The summed E-state index contributed by atoms with van der Waals surface area (Å²) in [5.74, 6) is 1.86. The minimum Gasteiger partial charge on any atom is -0.417 e. The maximum Gasteiger partial charge on any atom is 0.267 e. The van der Waals surface area contributed by atoms with Crippen molar-refractivity contribution in [3.05, 3.63) is 30.4 Å². The first-order valence-corrected chi connectivity index (χ1v) is 6.93. The van der Waals surface area contributed by atoms with Crippen molar-refractivity contribution in [2.24, 2.45) is 7.05 Å². The van der Waals surface area contributed by atoms with Crippen LogP contribution in [0.2, 0.25) is 0 Å². The highest BCUT2D eigenvalue weighted by molar-refractivity contribution is 5.54. The van der Waals surface area contributed by atoms with Crippen molar-refractivity contribution in [3.63, 3.8) is 0 Å². The molecule has 0 saturated heterocycles. The van der Waals surface area contributed by atoms with E-state index in [4.69, 9.17) is 4.74 Å². The van der Waals surface area contributed by atoms with Crippen LogP contribution < -0.4 is 10.1 Å². The minimum atomic E-state index is 0.462. The van der Waals surface area contributed by atoms with Crippen LogP contribution >= 0.6 is 0 Å². The molecule has 0 radical (unpaired) electrons. The lowest BCUT2D eigenvalue weighted by molar-refractivity contribution is 0.418.